The van der Waals surface area contributed by atoms with Crippen LogP contribution in [0.5, 0.6) is 0 Å². The van der Waals surface area contributed by atoms with E-state index in [0.29, 0.717) is 25.4 Å². The Kier molecular flexibility index (Phi) is 5.86. The lowest BCUT2D eigenvalue weighted by Crippen LogP contribution is -2.44. The molecule has 0 saturated heterocycles. The van der Waals surface area contributed by atoms with Crippen molar-refractivity contribution in [1.29, 1.82) is 0 Å². The first-order chi connectivity index (χ1) is 8.90. The summed E-state index contributed by atoms with van der Waals surface area (Å²) < 4.78 is 0. The highest BCUT2D eigenvalue weighted by Crippen LogP contribution is 2.12. The monoisotopic (exact) mass is 268 g/mol. The third-order valence-corrected chi connectivity index (χ3v) is 3.33. The molecule has 108 valence electrons. The summed E-state index contributed by atoms with van der Waals surface area (Å²) in [4.78, 5) is 24.7. The summed E-state index contributed by atoms with van der Waals surface area (Å²) >= 11 is 0. The molecule has 0 saturated carbocycles. The number of amides is 2. The van der Waals surface area contributed by atoms with E-state index in [0.717, 1.165) is 6.42 Å². The number of aliphatic carboxylic acids is 1. The van der Waals surface area contributed by atoms with Crippen LogP contribution < -0.4 is 5.32 Å². The molecule has 2 N–H and O–H groups in total. The molecule has 0 fully saturated rings. The van der Waals surface area contributed by atoms with Gasteiger partial charge in [0.2, 0.25) is 0 Å². The molecule has 1 unspecified atom stereocenters. The molecular formula is C14H24N2O3. The molecular weight excluding hydrogens is 244 g/mol. The second-order valence-electron chi connectivity index (χ2n) is 5.60. The summed E-state index contributed by atoms with van der Waals surface area (Å²) in [5.41, 5.74) is 1.30. The topological polar surface area (TPSA) is 69.6 Å². The van der Waals surface area contributed by atoms with Crippen molar-refractivity contribution < 1.29 is 14.7 Å². The average Bonchev–Trinajstić information content (AvgIpc) is 2.34. The zero-order chi connectivity index (χ0) is 14.4. The lowest BCUT2D eigenvalue weighted by Gasteiger charge is -2.26. The van der Waals surface area contributed by atoms with Crippen LogP contribution >= 0.6 is 0 Å². The molecule has 1 aliphatic heterocycles. The second kappa shape index (κ2) is 7.16. The molecule has 5 heteroatoms. The van der Waals surface area contributed by atoms with Crippen molar-refractivity contribution in [2.24, 2.45) is 11.8 Å². The summed E-state index contributed by atoms with van der Waals surface area (Å²) in [7, 11) is 0. The minimum absolute atomic E-state index is 0.168. The Hall–Kier alpha value is -1.52. The lowest BCUT2D eigenvalue weighted by atomic mass is 9.97. The summed E-state index contributed by atoms with van der Waals surface area (Å²) in [5, 5.41) is 11.8. The highest BCUT2D eigenvalue weighted by atomic mass is 16.4. The molecule has 0 aromatic rings. The largest absolute Gasteiger partial charge is 0.481 e. The van der Waals surface area contributed by atoms with Crippen LogP contribution in [0.4, 0.5) is 4.79 Å². The smallest absolute Gasteiger partial charge is 0.317 e. The number of hydrogen-bond donors (Lipinski definition) is 2. The molecule has 1 heterocycles. The van der Waals surface area contributed by atoms with Crippen molar-refractivity contribution in [1.82, 2.24) is 10.2 Å². The van der Waals surface area contributed by atoms with E-state index >= 15 is 0 Å². The molecule has 0 aromatic heterocycles. The fourth-order valence-corrected chi connectivity index (χ4v) is 2.12. The first-order valence-electron chi connectivity index (χ1n) is 6.81. The second-order valence-corrected chi connectivity index (χ2v) is 5.60. The van der Waals surface area contributed by atoms with E-state index in [-0.39, 0.29) is 12.6 Å². The quantitative estimate of drug-likeness (QED) is 0.750. The van der Waals surface area contributed by atoms with Crippen molar-refractivity contribution in [3.05, 3.63) is 11.6 Å². The van der Waals surface area contributed by atoms with Crippen molar-refractivity contribution >= 4 is 12.0 Å². The van der Waals surface area contributed by atoms with Gasteiger partial charge in [0.15, 0.2) is 0 Å². The van der Waals surface area contributed by atoms with Crippen LogP contribution in [0, 0.1) is 11.8 Å². The Balaban J connectivity index is 2.41. The fourth-order valence-electron chi connectivity index (χ4n) is 2.12. The molecule has 0 bridgehead atoms. The number of hydrogen-bond acceptors (Lipinski definition) is 2. The zero-order valence-electron chi connectivity index (χ0n) is 12.0. The Morgan fingerprint density at radius 2 is 2.16 bits per heavy atom. The molecule has 1 atom stereocenters. The van der Waals surface area contributed by atoms with E-state index in [2.05, 4.69) is 12.2 Å². The normalized spacial score (nSPS) is 17.1. The Morgan fingerprint density at radius 1 is 1.47 bits per heavy atom. The third-order valence-electron chi connectivity index (χ3n) is 3.33. The van der Waals surface area contributed by atoms with Crippen LogP contribution in [-0.2, 0) is 4.79 Å². The zero-order valence-corrected chi connectivity index (χ0v) is 12.0. The van der Waals surface area contributed by atoms with Gasteiger partial charge in [0.1, 0.15) is 0 Å². The van der Waals surface area contributed by atoms with Gasteiger partial charge in [-0.2, -0.15) is 0 Å². The number of nitrogens with zero attached hydrogens (tertiary/aromatic N) is 1. The SMILES string of the molecule is CC1=CCN(C(=O)NCC(CC(C)C)C(=O)O)CC1. The Labute approximate surface area is 114 Å². The van der Waals surface area contributed by atoms with Gasteiger partial charge in [-0.25, -0.2) is 4.79 Å². The lowest BCUT2D eigenvalue weighted by molar-refractivity contribution is -0.142. The van der Waals surface area contributed by atoms with E-state index in [9.17, 15) is 9.59 Å². The first kappa shape index (κ1) is 15.5. The predicted molar refractivity (Wildman–Crippen MR) is 73.9 cm³/mol. The number of urea groups is 1. The van der Waals surface area contributed by atoms with Gasteiger partial charge in [-0.05, 0) is 25.7 Å². The van der Waals surface area contributed by atoms with Gasteiger partial charge in [-0.1, -0.05) is 25.5 Å². The standard InChI is InChI=1S/C14H24N2O3/c1-10(2)8-12(13(17)18)9-15-14(19)16-6-4-11(3)5-7-16/h4,10,12H,5-9H2,1-3H3,(H,15,19)(H,17,18). The van der Waals surface area contributed by atoms with Crippen molar-refractivity contribution in [3.63, 3.8) is 0 Å². The van der Waals surface area contributed by atoms with Crippen molar-refractivity contribution in [2.75, 3.05) is 19.6 Å². The van der Waals surface area contributed by atoms with Gasteiger partial charge in [-0.3, -0.25) is 4.79 Å². The van der Waals surface area contributed by atoms with E-state index in [1.165, 1.54) is 5.57 Å². The molecule has 0 aromatic carbocycles. The Morgan fingerprint density at radius 3 is 2.63 bits per heavy atom. The van der Waals surface area contributed by atoms with Crippen LogP contribution in [-0.4, -0.2) is 41.6 Å². The minimum atomic E-state index is -0.844. The van der Waals surface area contributed by atoms with Crippen LogP contribution in [0.15, 0.2) is 11.6 Å². The molecule has 19 heavy (non-hydrogen) atoms. The van der Waals surface area contributed by atoms with Gasteiger partial charge >= 0.3 is 12.0 Å². The van der Waals surface area contributed by atoms with E-state index in [1.54, 1.807) is 4.90 Å². The summed E-state index contributed by atoms with van der Waals surface area (Å²) in [6, 6.07) is -0.168. The van der Waals surface area contributed by atoms with Crippen LogP contribution in [0.1, 0.15) is 33.6 Å². The number of carbonyl (C=O) groups excluding carboxylic acids is 1. The number of rotatable bonds is 5. The first-order valence-corrected chi connectivity index (χ1v) is 6.81. The number of carboxylic acids is 1. The van der Waals surface area contributed by atoms with Gasteiger partial charge in [0.05, 0.1) is 5.92 Å². The fraction of sp³-hybridized carbons (Fsp3) is 0.714. The van der Waals surface area contributed by atoms with Gasteiger partial charge in [0, 0.05) is 19.6 Å². The maximum absolute atomic E-state index is 11.9. The predicted octanol–water partition coefficient (Wildman–Crippen LogP) is 2.09. The number of carboxylic acid groups (broad SMARTS) is 1. The average molecular weight is 268 g/mol. The molecule has 5 nitrogen and oxygen atoms in total. The number of nitrogens with one attached hydrogen (secondary N) is 1. The highest BCUT2D eigenvalue weighted by molar-refractivity contribution is 5.76. The van der Waals surface area contributed by atoms with Crippen LogP contribution in [0.25, 0.3) is 0 Å². The summed E-state index contributed by atoms with van der Waals surface area (Å²) in [5.74, 6) is -1.05. The molecule has 0 radical (unpaired) electrons. The third kappa shape index (κ3) is 5.32. The molecule has 0 spiro atoms. The molecule has 1 rings (SSSR count). The van der Waals surface area contributed by atoms with E-state index < -0.39 is 11.9 Å². The minimum Gasteiger partial charge on any atom is -0.481 e. The molecule has 0 aliphatic carbocycles. The van der Waals surface area contributed by atoms with Crippen molar-refractivity contribution in [3.8, 4) is 0 Å². The maximum atomic E-state index is 11.9. The van der Waals surface area contributed by atoms with Gasteiger partial charge < -0.3 is 15.3 Å². The molecule has 2 amide bonds. The van der Waals surface area contributed by atoms with Crippen molar-refractivity contribution in [2.45, 2.75) is 33.6 Å². The highest BCUT2D eigenvalue weighted by Gasteiger charge is 2.21. The molecule has 1 aliphatic rings. The van der Waals surface area contributed by atoms with E-state index in [4.69, 9.17) is 5.11 Å². The number of carbonyl (C=O) groups is 2. The summed E-state index contributed by atoms with van der Waals surface area (Å²) in [6.07, 6.45) is 3.50. The van der Waals surface area contributed by atoms with Crippen LogP contribution in [0.2, 0.25) is 0 Å². The van der Waals surface area contributed by atoms with E-state index in [1.807, 2.05) is 19.9 Å². The van der Waals surface area contributed by atoms with Crippen LogP contribution in [0.3, 0.4) is 0 Å². The summed E-state index contributed by atoms with van der Waals surface area (Å²) in [6.45, 7) is 7.53. The van der Waals surface area contributed by atoms with Gasteiger partial charge in [-0.15, -0.1) is 0 Å². The van der Waals surface area contributed by atoms with Gasteiger partial charge in [0.25, 0.3) is 0 Å². The maximum Gasteiger partial charge on any atom is 0.317 e. The Bertz CT molecular complexity index is 364.